The van der Waals surface area contributed by atoms with Crippen molar-refractivity contribution in [3.63, 3.8) is 0 Å². The lowest BCUT2D eigenvalue weighted by molar-refractivity contribution is -0.121. The molecule has 0 aliphatic heterocycles. The van der Waals surface area contributed by atoms with E-state index in [1.165, 1.54) is 31.2 Å². The van der Waals surface area contributed by atoms with Gasteiger partial charge in [-0.15, -0.1) is 0 Å². The zero-order valence-corrected chi connectivity index (χ0v) is 15.3. The molecule has 0 aliphatic carbocycles. The topological polar surface area (TPSA) is 66.5 Å². The van der Waals surface area contributed by atoms with Crippen molar-refractivity contribution < 1.29 is 22.0 Å². The molecule has 26 heavy (non-hydrogen) atoms. The minimum absolute atomic E-state index is 0.204. The van der Waals surface area contributed by atoms with Gasteiger partial charge < -0.3 is 5.32 Å². The summed E-state index contributed by atoms with van der Waals surface area (Å²) >= 11 is 0. The molecule has 0 aromatic heterocycles. The van der Waals surface area contributed by atoms with Crippen LogP contribution in [0.3, 0.4) is 0 Å². The predicted molar refractivity (Wildman–Crippen MR) is 96.3 cm³/mol. The normalized spacial score (nSPS) is 12.5. The molecule has 0 unspecified atom stereocenters. The Morgan fingerprint density at radius 2 is 1.54 bits per heavy atom. The van der Waals surface area contributed by atoms with Gasteiger partial charge in [0.25, 0.3) is 0 Å². The van der Waals surface area contributed by atoms with E-state index in [1.54, 1.807) is 12.1 Å². The van der Waals surface area contributed by atoms with Crippen molar-refractivity contribution in [2.45, 2.75) is 19.4 Å². The number of amides is 1. The lowest BCUT2D eigenvalue weighted by Crippen LogP contribution is -2.48. The number of nitrogens with zero attached hydrogens (tertiary/aromatic N) is 1. The average molecular weight is 382 g/mol. The number of benzene rings is 2. The van der Waals surface area contributed by atoms with Crippen molar-refractivity contribution in [2.75, 3.05) is 17.1 Å². The standard InChI is InChI=1S/C18H20F2N2O3S/c1-13(18(23)21-12-11-14-3-5-15(19)6-4-14)22(26(2,24)25)17-9-7-16(20)8-10-17/h3-10,13H,11-12H2,1-2H3,(H,21,23)/t13-/m0/s1. The van der Waals surface area contributed by atoms with Crippen LogP contribution in [0.25, 0.3) is 0 Å². The minimum atomic E-state index is -3.75. The average Bonchev–Trinajstić information content (AvgIpc) is 2.57. The summed E-state index contributed by atoms with van der Waals surface area (Å²) in [7, 11) is -3.75. The summed E-state index contributed by atoms with van der Waals surface area (Å²) in [5, 5.41) is 2.67. The summed E-state index contributed by atoms with van der Waals surface area (Å²) in [5.41, 5.74) is 1.05. The zero-order chi connectivity index (χ0) is 19.3. The molecule has 1 atom stereocenters. The van der Waals surface area contributed by atoms with Crippen LogP contribution in [0.2, 0.25) is 0 Å². The van der Waals surface area contributed by atoms with Gasteiger partial charge in [0.2, 0.25) is 15.9 Å². The van der Waals surface area contributed by atoms with Crippen LogP contribution in [0, 0.1) is 11.6 Å². The summed E-state index contributed by atoms with van der Waals surface area (Å²) in [4.78, 5) is 12.4. The molecule has 0 bridgehead atoms. The van der Waals surface area contributed by atoms with Crippen LogP contribution in [0.1, 0.15) is 12.5 Å². The van der Waals surface area contributed by atoms with Gasteiger partial charge in [0.05, 0.1) is 11.9 Å². The summed E-state index contributed by atoms with van der Waals surface area (Å²) in [5.74, 6) is -1.32. The molecule has 0 heterocycles. The van der Waals surface area contributed by atoms with Crippen LogP contribution >= 0.6 is 0 Å². The third-order valence-electron chi connectivity index (χ3n) is 3.80. The summed E-state index contributed by atoms with van der Waals surface area (Å²) in [6.07, 6.45) is 1.47. The Hall–Kier alpha value is -2.48. The van der Waals surface area contributed by atoms with Crippen LogP contribution in [-0.4, -0.2) is 33.2 Å². The maximum absolute atomic E-state index is 13.1. The molecule has 2 aromatic rings. The fourth-order valence-electron chi connectivity index (χ4n) is 2.53. The molecule has 0 aliphatic rings. The second-order valence-corrected chi connectivity index (χ2v) is 7.74. The number of carbonyl (C=O) groups excluding carboxylic acids is 1. The van der Waals surface area contributed by atoms with Gasteiger partial charge in [-0.1, -0.05) is 12.1 Å². The first-order valence-electron chi connectivity index (χ1n) is 7.95. The van der Waals surface area contributed by atoms with Crippen molar-refractivity contribution in [3.05, 3.63) is 65.7 Å². The van der Waals surface area contributed by atoms with Gasteiger partial charge >= 0.3 is 0 Å². The van der Waals surface area contributed by atoms with Crippen LogP contribution < -0.4 is 9.62 Å². The Bertz CT molecular complexity index is 853. The first-order valence-corrected chi connectivity index (χ1v) is 9.80. The molecule has 140 valence electrons. The highest BCUT2D eigenvalue weighted by Gasteiger charge is 2.28. The molecule has 0 saturated carbocycles. The van der Waals surface area contributed by atoms with E-state index in [2.05, 4.69) is 5.32 Å². The fourth-order valence-corrected chi connectivity index (χ4v) is 3.70. The van der Waals surface area contributed by atoms with E-state index in [1.807, 2.05) is 0 Å². The maximum Gasteiger partial charge on any atom is 0.243 e. The first-order chi connectivity index (χ1) is 12.2. The van der Waals surface area contributed by atoms with Crippen molar-refractivity contribution in [3.8, 4) is 0 Å². The molecular weight excluding hydrogens is 362 g/mol. The van der Waals surface area contributed by atoms with Crippen molar-refractivity contribution >= 4 is 21.6 Å². The number of carbonyl (C=O) groups is 1. The molecule has 2 aromatic carbocycles. The van der Waals surface area contributed by atoms with E-state index in [0.717, 1.165) is 28.3 Å². The number of halogens is 2. The highest BCUT2D eigenvalue weighted by Crippen LogP contribution is 2.21. The lowest BCUT2D eigenvalue weighted by atomic mass is 10.1. The highest BCUT2D eigenvalue weighted by atomic mass is 32.2. The highest BCUT2D eigenvalue weighted by molar-refractivity contribution is 7.92. The van der Waals surface area contributed by atoms with Crippen molar-refractivity contribution in [1.82, 2.24) is 5.32 Å². The number of anilines is 1. The summed E-state index contributed by atoms with van der Waals surface area (Å²) in [6, 6.07) is 9.76. The third kappa shape index (κ3) is 5.26. The molecule has 1 N–H and O–H groups in total. The summed E-state index contributed by atoms with van der Waals surface area (Å²) in [6.45, 7) is 1.73. The molecular formula is C18H20F2N2O3S. The van der Waals surface area contributed by atoms with Gasteiger partial charge in [-0.2, -0.15) is 0 Å². The second kappa shape index (κ2) is 8.27. The SMILES string of the molecule is C[C@@H](C(=O)NCCc1ccc(F)cc1)N(c1ccc(F)cc1)S(C)(=O)=O. The fraction of sp³-hybridized carbons (Fsp3) is 0.278. The van der Waals surface area contributed by atoms with Gasteiger partial charge in [-0.3, -0.25) is 9.10 Å². The van der Waals surface area contributed by atoms with Gasteiger partial charge in [-0.25, -0.2) is 17.2 Å². The molecule has 0 fully saturated rings. The van der Waals surface area contributed by atoms with E-state index in [0.29, 0.717) is 6.42 Å². The lowest BCUT2D eigenvalue weighted by Gasteiger charge is -2.28. The van der Waals surface area contributed by atoms with Gasteiger partial charge in [0.15, 0.2) is 0 Å². The first kappa shape index (κ1) is 19.8. The van der Waals surface area contributed by atoms with E-state index < -0.39 is 27.8 Å². The number of rotatable bonds is 7. The Kier molecular flexibility index (Phi) is 6.31. The largest absolute Gasteiger partial charge is 0.354 e. The molecule has 5 nitrogen and oxygen atoms in total. The van der Waals surface area contributed by atoms with Crippen LogP contribution in [0.4, 0.5) is 14.5 Å². The monoisotopic (exact) mass is 382 g/mol. The smallest absolute Gasteiger partial charge is 0.243 e. The number of hydrogen-bond donors (Lipinski definition) is 1. The Balaban J connectivity index is 2.05. The Morgan fingerprint density at radius 1 is 1.04 bits per heavy atom. The minimum Gasteiger partial charge on any atom is -0.354 e. The Labute approximate surface area is 151 Å². The van der Waals surface area contributed by atoms with Gasteiger partial charge in [-0.05, 0) is 55.3 Å². The zero-order valence-electron chi connectivity index (χ0n) is 14.4. The van der Waals surface area contributed by atoms with E-state index >= 15 is 0 Å². The van der Waals surface area contributed by atoms with Crippen LogP contribution in [-0.2, 0) is 21.2 Å². The van der Waals surface area contributed by atoms with E-state index in [9.17, 15) is 22.0 Å². The molecule has 2 rings (SSSR count). The van der Waals surface area contributed by atoms with Crippen LogP contribution in [0.5, 0.6) is 0 Å². The Morgan fingerprint density at radius 3 is 2.04 bits per heavy atom. The quantitative estimate of drug-likeness (QED) is 0.800. The van der Waals surface area contributed by atoms with Crippen molar-refractivity contribution in [1.29, 1.82) is 0 Å². The number of nitrogens with one attached hydrogen (secondary N) is 1. The van der Waals surface area contributed by atoms with Crippen LogP contribution in [0.15, 0.2) is 48.5 Å². The molecule has 8 heteroatoms. The number of sulfonamides is 1. The molecule has 1 amide bonds. The second-order valence-electron chi connectivity index (χ2n) is 5.88. The van der Waals surface area contributed by atoms with Crippen molar-refractivity contribution in [2.24, 2.45) is 0 Å². The predicted octanol–water partition coefficient (Wildman–Crippen LogP) is 2.48. The molecule has 0 spiro atoms. The van der Waals surface area contributed by atoms with E-state index in [4.69, 9.17) is 0 Å². The number of hydrogen-bond acceptors (Lipinski definition) is 3. The molecule has 0 saturated heterocycles. The van der Waals surface area contributed by atoms with Gasteiger partial charge in [0, 0.05) is 6.54 Å². The van der Waals surface area contributed by atoms with E-state index in [-0.39, 0.29) is 18.0 Å². The summed E-state index contributed by atoms with van der Waals surface area (Å²) < 4.78 is 51.1. The third-order valence-corrected chi connectivity index (χ3v) is 5.04. The van der Waals surface area contributed by atoms with Gasteiger partial charge in [0.1, 0.15) is 17.7 Å². The molecule has 0 radical (unpaired) electrons. The maximum atomic E-state index is 13.1.